The Bertz CT molecular complexity index is 1120. The van der Waals surface area contributed by atoms with Gasteiger partial charge in [-0.05, 0) is 23.8 Å². The van der Waals surface area contributed by atoms with Crippen LogP contribution in [0, 0.1) is 0 Å². The van der Waals surface area contributed by atoms with Gasteiger partial charge in [0.2, 0.25) is 5.95 Å². The van der Waals surface area contributed by atoms with Gasteiger partial charge in [0, 0.05) is 25.7 Å². The molecule has 2 heterocycles. The lowest BCUT2D eigenvalue weighted by molar-refractivity contribution is 0.310. The molecule has 0 bridgehead atoms. The number of imidazole rings is 1. The molecule has 10 heteroatoms. The Labute approximate surface area is 159 Å². The van der Waals surface area contributed by atoms with Crippen LogP contribution in [0.15, 0.2) is 27.8 Å². The van der Waals surface area contributed by atoms with Gasteiger partial charge in [-0.2, -0.15) is 4.98 Å². The molecule has 0 aliphatic carbocycles. The Hall–Kier alpha value is -2.78. The number of methoxy groups -OCH3 is 1. The number of benzene rings is 1. The molecule has 1 aromatic carbocycles. The number of aromatic nitrogens is 4. The van der Waals surface area contributed by atoms with Crippen molar-refractivity contribution < 1.29 is 9.84 Å². The Morgan fingerprint density at radius 2 is 2.00 bits per heavy atom. The molecule has 9 nitrogen and oxygen atoms in total. The highest BCUT2D eigenvalue weighted by Crippen LogP contribution is 2.25. The fourth-order valence-electron chi connectivity index (χ4n) is 2.87. The van der Waals surface area contributed by atoms with E-state index in [0.717, 1.165) is 10.1 Å². The molecule has 144 valence electrons. The zero-order valence-corrected chi connectivity index (χ0v) is 15.9. The summed E-state index contributed by atoms with van der Waals surface area (Å²) in [6, 6.07) is 5.23. The van der Waals surface area contributed by atoms with E-state index in [1.54, 1.807) is 36.9 Å². The van der Waals surface area contributed by atoms with Gasteiger partial charge in [-0.15, -0.1) is 0 Å². The number of hydrogen-bond acceptors (Lipinski definition) is 6. The normalized spacial score (nSPS) is 11.1. The zero-order valence-electron chi connectivity index (χ0n) is 15.2. The van der Waals surface area contributed by atoms with Gasteiger partial charge in [0.1, 0.15) is 5.75 Å². The fraction of sp³-hybridized carbons (Fsp3) is 0.353. The summed E-state index contributed by atoms with van der Waals surface area (Å²) >= 11 is 6.32. The zero-order chi connectivity index (χ0) is 19.7. The van der Waals surface area contributed by atoms with Crippen LogP contribution in [0.4, 0.5) is 5.95 Å². The van der Waals surface area contributed by atoms with E-state index in [0.29, 0.717) is 16.7 Å². The van der Waals surface area contributed by atoms with E-state index in [1.165, 1.54) is 11.6 Å². The minimum atomic E-state index is -0.467. The number of ether oxygens (including phenoxy) is 1. The van der Waals surface area contributed by atoms with Crippen LogP contribution in [-0.4, -0.2) is 44.1 Å². The molecule has 0 saturated heterocycles. The van der Waals surface area contributed by atoms with Crippen LogP contribution < -0.4 is 21.3 Å². The number of nitrogens with zero attached hydrogens (tertiary/aromatic N) is 4. The number of aliphatic hydroxyl groups is 1. The highest BCUT2D eigenvalue weighted by molar-refractivity contribution is 6.31. The Balaban J connectivity index is 2.27. The first-order valence-corrected chi connectivity index (χ1v) is 8.60. The molecule has 0 aliphatic rings. The number of anilines is 1. The number of rotatable bonds is 6. The predicted octanol–water partition coefficient (Wildman–Crippen LogP) is 0.548. The molecule has 3 rings (SSSR count). The number of aliphatic hydroxyl groups excluding tert-OH is 1. The second kappa shape index (κ2) is 7.45. The second-order valence-corrected chi connectivity index (χ2v) is 6.41. The van der Waals surface area contributed by atoms with E-state index in [2.05, 4.69) is 10.3 Å². The Kier molecular flexibility index (Phi) is 5.24. The van der Waals surface area contributed by atoms with E-state index in [4.69, 9.17) is 21.4 Å². The van der Waals surface area contributed by atoms with Crippen molar-refractivity contribution >= 4 is 28.7 Å². The van der Waals surface area contributed by atoms with E-state index in [1.807, 2.05) is 0 Å². The maximum absolute atomic E-state index is 12.8. The number of fused-ring (bicyclic) bond motifs is 1. The smallest absolute Gasteiger partial charge is 0.332 e. The summed E-state index contributed by atoms with van der Waals surface area (Å²) in [6.45, 7) is 0.358. The maximum atomic E-state index is 12.8. The lowest BCUT2D eigenvalue weighted by Crippen LogP contribution is -2.37. The Morgan fingerprint density at radius 1 is 1.26 bits per heavy atom. The summed E-state index contributed by atoms with van der Waals surface area (Å²) in [6.07, 6.45) is 0. The van der Waals surface area contributed by atoms with Crippen molar-refractivity contribution in [2.45, 2.75) is 6.54 Å². The highest BCUT2D eigenvalue weighted by Gasteiger charge is 2.20. The van der Waals surface area contributed by atoms with Crippen LogP contribution in [0.2, 0.25) is 5.02 Å². The standard InChI is InChI=1S/C17H20ClN5O4/c1-21-14-13(15(25)22(2)17(21)26)23(16(20-14)19-6-7-24)9-10-8-11(27-3)4-5-12(10)18/h4-5,8,24H,6-7,9H2,1-3H3,(H,19,20). The lowest BCUT2D eigenvalue weighted by atomic mass is 10.2. The van der Waals surface area contributed by atoms with Crippen molar-refractivity contribution in [3.8, 4) is 5.75 Å². The molecule has 0 spiro atoms. The summed E-state index contributed by atoms with van der Waals surface area (Å²) in [5.74, 6) is 0.986. The first kappa shape index (κ1) is 19.0. The van der Waals surface area contributed by atoms with Gasteiger partial charge in [0.15, 0.2) is 11.2 Å². The topological polar surface area (TPSA) is 103 Å². The van der Waals surface area contributed by atoms with Gasteiger partial charge in [-0.3, -0.25) is 18.5 Å². The predicted molar refractivity (Wildman–Crippen MR) is 103 cm³/mol. The summed E-state index contributed by atoms with van der Waals surface area (Å²) < 4.78 is 9.23. The molecule has 2 aromatic heterocycles. The first-order chi connectivity index (χ1) is 12.9. The maximum Gasteiger partial charge on any atom is 0.332 e. The van der Waals surface area contributed by atoms with Gasteiger partial charge in [-0.25, -0.2) is 4.79 Å². The molecule has 2 N–H and O–H groups in total. The monoisotopic (exact) mass is 393 g/mol. The number of halogens is 1. The molecule has 0 amide bonds. The van der Waals surface area contributed by atoms with Crippen LogP contribution in [-0.2, 0) is 20.6 Å². The van der Waals surface area contributed by atoms with Crippen molar-refractivity contribution in [1.82, 2.24) is 18.7 Å². The third-order valence-corrected chi connectivity index (χ3v) is 4.69. The quantitative estimate of drug-likeness (QED) is 0.634. The van der Waals surface area contributed by atoms with Gasteiger partial charge in [-0.1, -0.05) is 11.6 Å². The molecule has 0 unspecified atom stereocenters. The van der Waals surface area contributed by atoms with Crippen molar-refractivity contribution in [3.63, 3.8) is 0 Å². The van der Waals surface area contributed by atoms with E-state index in [-0.39, 0.29) is 30.9 Å². The van der Waals surface area contributed by atoms with Gasteiger partial charge >= 0.3 is 5.69 Å². The minimum absolute atomic E-state index is 0.111. The third kappa shape index (κ3) is 3.31. The summed E-state index contributed by atoms with van der Waals surface area (Å²) in [5.41, 5.74) is 0.307. The van der Waals surface area contributed by atoms with Crippen molar-refractivity contribution in [3.05, 3.63) is 49.6 Å². The molecule has 0 radical (unpaired) electrons. The van der Waals surface area contributed by atoms with Crippen molar-refractivity contribution in [2.24, 2.45) is 14.1 Å². The highest BCUT2D eigenvalue weighted by atomic mass is 35.5. The summed E-state index contributed by atoms with van der Waals surface area (Å²) in [5, 5.41) is 12.6. The Morgan fingerprint density at radius 3 is 2.67 bits per heavy atom. The number of hydrogen-bond donors (Lipinski definition) is 2. The fourth-order valence-corrected chi connectivity index (χ4v) is 3.05. The number of nitrogens with one attached hydrogen (secondary N) is 1. The first-order valence-electron chi connectivity index (χ1n) is 8.22. The van der Waals surface area contributed by atoms with Gasteiger partial charge < -0.3 is 15.2 Å². The van der Waals surface area contributed by atoms with Crippen LogP contribution in [0.5, 0.6) is 5.75 Å². The van der Waals surface area contributed by atoms with Crippen LogP contribution in [0.3, 0.4) is 0 Å². The molecule has 27 heavy (non-hydrogen) atoms. The van der Waals surface area contributed by atoms with E-state index in [9.17, 15) is 9.59 Å². The average molecular weight is 394 g/mol. The van der Waals surface area contributed by atoms with Crippen LogP contribution in [0.25, 0.3) is 11.2 Å². The summed E-state index contributed by atoms with van der Waals surface area (Å²) in [4.78, 5) is 29.4. The summed E-state index contributed by atoms with van der Waals surface area (Å²) in [7, 11) is 4.52. The van der Waals surface area contributed by atoms with Crippen molar-refractivity contribution in [1.29, 1.82) is 0 Å². The molecule has 0 fully saturated rings. The minimum Gasteiger partial charge on any atom is -0.497 e. The van der Waals surface area contributed by atoms with Crippen LogP contribution >= 0.6 is 11.6 Å². The van der Waals surface area contributed by atoms with Gasteiger partial charge in [0.25, 0.3) is 5.56 Å². The lowest BCUT2D eigenvalue weighted by Gasteiger charge is -2.12. The molecular weight excluding hydrogens is 374 g/mol. The molecular formula is C17H20ClN5O4. The van der Waals surface area contributed by atoms with Gasteiger partial charge in [0.05, 0.1) is 20.3 Å². The molecule has 0 saturated carbocycles. The third-order valence-electron chi connectivity index (χ3n) is 4.32. The van der Waals surface area contributed by atoms with Crippen molar-refractivity contribution in [2.75, 3.05) is 25.6 Å². The number of aryl methyl sites for hydroxylation is 1. The second-order valence-electron chi connectivity index (χ2n) is 6.01. The molecule has 0 atom stereocenters. The largest absolute Gasteiger partial charge is 0.497 e. The molecule has 3 aromatic rings. The van der Waals surface area contributed by atoms with Crippen LogP contribution in [0.1, 0.15) is 5.56 Å². The average Bonchev–Trinajstić information content (AvgIpc) is 3.03. The van der Waals surface area contributed by atoms with E-state index < -0.39 is 11.2 Å². The van der Waals surface area contributed by atoms with E-state index >= 15 is 0 Å². The molecule has 0 aliphatic heterocycles. The SMILES string of the molecule is COc1ccc(Cl)c(Cn2c(NCCO)nc3c2c(=O)n(C)c(=O)n3C)c1.